The van der Waals surface area contributed by atoms with Crippen molar-refractivity contribution in [2.45, 2.75) is 18.9 Å². The van der Waals surface area contributed by atoms with Crippen LogP contribution in [0.4, 0.5) is 0 Å². The fourth-order valence-electron chi connectivity index (χ4n) is 1.69. The van der Waals surface area contributed by atoms with Gasteiger partial charge in [-0.1, -0.05) is 0 Å². The van der Waals surface area contributed by atoms with Crippen LogP contribution in [0.5, 0.6) is 11.5 Å². The lowest BCUT2D eigenvalue weighted by molar-refractivity contribution is 0.265. The lowest BCUT2D eigenvalue weighted by atomic mass is 10.1. The highest BCUT2D eigenvalue weighted by molar-refractivity contribution is 9.10. The molecule has 0 radical (unpaired) electrons. The largest absolute Gasteiger partial charge is 0.493 e. The predicted octanol–water partition coefficient (Wildman–Crippen LogP) is 2.24. The first-order chi connectivity index (χ1) is 8.65. The van der Waals surface area contributed by atoms with Gasteiger partial charge >= 0.3 is 0 Å². The van der Waals surface area contributed by atoms with Crippen molar-refractivity contribution < 1.29 is 14.6 Å². The molecule has 3 N–H and O–H groups in total. The molecule has 1 aliphatic rings. The Kier molecular flexibility index (Phi) is 4.48. The molecule has 100 valence electrons. The summed E-state index contributed by atoms with van der Waals surface area (Å²) in [6.45, 7) is 0.623. The summed E-state index contributed by atoms with van der Waals surface area (Å²) in [6, 6.07) is 3.27. The molecule has 1 saturated carbocycles. The van der Waals surface area contributed by atoms with Crippen LogP contribution in [0.3, 0.4) is 0 Å². The van der Waals surface area contributed by atoms with E-state index in [1.165, 1.54) is 12.8 Å². The monoisotopic (exact) mass is 315 g/mol. The molecule has 18 heavy (non-hydrogen) atoms. The van der Waals surface area contributed by atoms with Crippen LogP contribution in [-0.4, -0.2) is 25.4 Å². The molecule has 1 unspecified atom stereocenters. The second-order valence-corrected chi connectivity index (χ2v) is 5.43. The number of hydrogen-bond donors (Lipinski definition) is 2. The van der Waals surface area contributed by atoms with E-state index in [1.54, 1.807) is 7.11 Å². The minimum absolute atomic E-state index is 0.0993. The number of hydrogen-bond acceptors (Lipinski definition) is 4. The van der Waals surface area contributed by atoms with Gasteiger partial charge in [0.2, 0.25) is 0 Å². The van der Waals surface area contributed by atoms with E-state index in [0.29, 0.717) is 17.4 Å². The molecule has 0 amide bonds. The molecule has 4 nitrogen and oxygen atoms in total. The van der Waals surface area contributed by atoms with Crippen LogP contribution in [0.1, 0.15) is 24.4 Å². The molecular formula is C13H18BrNO3. The summed E-state index contributed by atoms with van der Waals surface area (Å²) in [4.78, 5) is 0. The van der Waals surface area contributed by atoms with Crippen molar-refractivity contribution in [1.82, 2.24) is 0 Å². The Bertz CT molecular complexity index is 421. The number of aliphatic hydroxyl groups excluding tert-OH is 1. The number of benzene rings is 1. The van der Waals surface area contributed by atoms with Crippen molar-refractivity contribution in [3.8, 4) is 11.5 Å². The van der Waals surface area contributed by atoms with Crippen molar-refractivity contribution in [2.75, 3.05) is 20.3 Å². The lowest BCUT2D eigenvalue weighted by Gasteiger charge is -2.16. The zero-order valence-electron chi connectivity index (χ0n) is 10.4. The molecule has 0 saturated heterocycles. The van der Waals surface area contributed by atoms with Crippen LogP contribution in [0.2, 0.25) is 0 Å². The number of nitrogens with two attached hydrogens (primary N) is 1. The molecule has 0 spiro atoms. The van der Waals surface area contributed by atoms with Gasteiger partial charge in [0.05, 0.1) is 30.8 Å². The third-order valence-corrected chi connectivity index (χ3v) is 3.63. The molecule has 1 aromatic carbocycles. The summed E-state index contributed by atoms with van der Waals surface area (Å²) in [5, 5.41) is 9.08. The summed E-state index contributed by atoms with van der Waals surface area (Å²) in [5.74, 6) is 2.03. The Morgan fingerprint density at radius 2 is 2.22 bits per heavy atom. The van der Waals surface area contributed by atoms with E-state index < -0.39 is 6.04 Å². The fraction of sp³-hybridized carbons (Fsp3) is 0.538. The average Bonchev–Trinajstić information content (AvgIpc) is 3.19. The van der Waals surface area contributed by atoms with Gasteiger partial charge in [-0.2, -0.15) is 0 Å². The van der Waals surface area contributed by atoms with E-state index >= 15 is 0 Å². The van der Waals surface area contributed by atoms with Crippen LogP contribution in [0.25, 0.3) is 0 Å². The quantitative estimate of drug-likeness (QED) is 0.845. The van der Waals surface area contributed by atoms with Crippen molar-refractivity contribution in [2.24, 2.45) is 11.7 Å². The minimum Gasteiger partial charge on any atom is -0.493 e. The highest BCUT2D eigenvalue weighted by atomic mass is 79.9. The Morgan fingerprint density at radius 1 is 1.50 bits per heavy atom. The molecule has 0 aliphatic heterocycles. The SMILES string of the molecule is COc1cc(C(N)CO)cc(Br)c1OCC1CC1. The minimum atomic E-state index is -0.410. The first-order valence-electron chi connectivity index (χ1n) is 6.02. The molecular weight excluding hydrogens is 298 g/mol. The van der Waals surface area contributed by atoms with E-state index in [9.17, 15) is 0 Å². The van der Waals surface area contributed by atoms with Gasteiger partial charge in [-0.3, -0.25) is 0 Å². The molecule has 2 rings (SSSR count). The Labute approximate surface area is 115 Å². The Morgan fingerprint density at radius 3 is 2.78 bits per heavy atom. The second-order valence-electron chi connectivity index (χ2n) is 4.58. The first kappa shape index (κ1) is 13.6. The maximum Gasteiger partial charge on any atom is 0.175 e. The number of aliphatic hydroxyl groups is 1. The van der Waals surface area contributed by atoms with Gasteiger partial charge in [0.25, 0.3) is 0 Å². The molecule has 0 aromatic heterocycles. The summed E-state index contributed by atoms with van der Waals surface area (Å²) < 4.78 is 11.9. The topological polar surface area (TPSA) is 64.7 Å². The summed E-state index contributed by atoms with van der Waals surface area (Å²) >= 11 is 3.46. The van der Waals surface area contributed by atoms with E-state index in [1.807, 2.05) is 12.1 Å². The van der Waals surface area contributed by atoms with Crippen LogP contribution >= 0.6 is 15.9 Å². The maximum absolute atomic E-state index is 9.08. The van der Waals surface area contributed by atoms with Gasteiger partial charge in [0, 0.05) is 0 Å². The third-order valence-electron chi connectivity index (χ3n) is 3.04. The van der Waals surface area contributed by atoms with Gasteiger partial charge in [-0.05, 0) is 52.4 Å². The van der Waals surface area contributed by atoms with Gasteiger partial charge in [0.1, 0.15) is 0 Å². The van der Waals surface area contributed by atoms with E-state index in [4.69, 9.17) is 20.3 Å². The number of halogens is 1. The van der Waals surface area contributed by atoms with E-state index in [-0.39, 0.29) is 6.61 Å². The van der Waals surface area contributed by atoms with E-state index in [2.05, 4.69) is 15.9 Å². The van der Waals surface area contributed by atoms with Gasteiger partial charge in [0.15, 0.2) is 11.5 Å². The fourth-order valence-corrected chi connectivity index (χ4v) is 2.26. The number of ether oxygens (including phenoxy) is 2. The van der Waals surface area contributed by atoms with Crippen LogP contribution in [-0.2, 0) is 0 Å². The molecule has 1 aromatic rings. The van der Waals surface area contributed by atoms with Gasteiger partial charge in [-0.15, -0.1) is 0 Å². The standard InChI is InChI=1S/C13H18BrNO3/c1-17-12-5-9(11(15)6-16)4-10(14)13(12)18-7-8-2-3-8/h4-5,8,11,16H,2-3,6-7,15H2,1H3. The molecule has 1 atom stereocenters. The highest BCUT2D eigenvalue weighted by Gasteiger charge is 2.23. The highest BCUT2D eigenvalue weighted by Crippen LogP contribution is 2.39. The smallest absolute Gasteiger partial charge is 0.175 e. The summed E-state index contributed by atoms with van der Waals surface area (Å²) in [7, 11) is 1.60. The third kappa shape index (κ3) is 3.16. The zero-order valence-corrected chi connectivity index (χ0v) is 11.9. The molecule has 0 bridgehead atoms. The lowest BCUT2D eigenvalue weighted by Crippen LogP contribution is -2.14. The van der Waals surface area contributed by atoms with Gasteiger partial charge in [-0.25, -0.2) is 0 Å². The zero-order chi connectivity index (χ0) is 13.1. The summed E-state index contributed by atoms with van der Waals surface area (Å²) in [5.41, 5.74) is 6.62. The first-order valence-corrected chi connectivity index (χ1v) is 6.81. The van der Waals surface area contributed by atoms with Crippen molar-refractivity contribution in [3.05, 3.63) is 22.2 Å². The maximum atomic E-state index is 9.08. The Hall–Kier alpha value is -0.780. The van der Waals surface area contributed by atoms with Crippen LogP contribution in [0, 0.1) is 5.92 Å². The number of rotatable bonds is 6. The normalized spacial score (nSPS) is 16.4. The molecule has 1 aliphatic carbocycles. The molecule has 5 heteroatoms. The van der Waals surface area contributed by atoms with Crippen LogP contribution < -0.4 is 15.2 Å². The Balaban J connectivity index is 2.21. The van der Waals surface area contributed by atoms with Gasteiger partial charge < -0.3 is 20.3 Å². The molecule has 1 fully saturated rings. The van der Waals surface area contributed by atoms with E-state index in [0.717, 1.165) is 16.6 Å². The van der Waals surface area contributed by atoms with Crippen LogP contribution in [0.15, 0.2) is 16.6 Å². The average molecular weight is 316 g/mol. The van der Waals surface area contributed by atoms with Crippen molar-refractivity contribution in [1.29, 1.82) is 0 Å². The summed E-state index contributed by atoms with van der Waals surface area (Å²) in [6.07, 6.45) is 2.49. The second kappa shape index (κ2) is 5.91. The van der Waals surface area contributed by atoms with Crippen molar-refractivity contribution >= 4 is 15.9 Å². The molecule has 0 heterocycles. The predicted molar refractivity (Wildman–Crippen MR) is 72.9 cm³/mol. The van der Waals surface area contributed by atoms with Crippen molar-refractivity contribution in [3.63, 3.8) is 0 Å². The number of methoxy groups -OCH3 is 1.